The number of carbonyl (C=O) groups excluding carboxylic acids is 2. The molecule has 0 aromatic heterocycles. The molecule has 0 aliphatic heterocycles. The van der Waals surface area contributed by atoms with Crippen molar-refractivity contribution in [3.63, 3.8) is 0 Å². The molecule has 0 aromatic rings. The van der Waals surface area contributed by atoms with E-state index in [1.807, 2.05) is 0 Å². The van der Waals surface area contributed by atoms with Gasteiger partial charge in [0.05, 0.1) is 6.61 Å². The molecule has 1 N–H and O–H groups in total. The van der Waals surface area contributed by atoms with Crippen molar-refractivity contribution in [2.45, 2.75) is 290 Å². The standard InChI is InChI=1S/C67H114O5/c1-3-5-7-9-11-13-15-17-19-21-23-25-27-29-30-31-32-33-34-35-36-38-39-41-43-45-47-49-51-53-55-57-59-61-66(69)71-64-65(63-68)72-67(70)62-60-58-56-54-52-50-48-46-44-42-40-37-28-26-24-22-20-18-16-14-12-10-8-6-4-2/h6,8,12,14-15,17-18,20-21,23-24,26-27,29,37,40,44,46,65,68H,3-5,7,9-11,13,16,19,22,25,28,30-36,38-39,41-43,45,47-64H2,1-2H3/b8-6-,14-12-,17-15-,20-18-,23-21-,26-24-,29-27-,40-37-,46-44-. The van der Waals surface area contributed by atoms with Gasteiger partial charge in [0.1, 0.15) is 6.61 Å². The molecule has 0 bridgehead atoms. The molecule has 0 saturated heterocycles. The van der Waals surface area contributed by atoms with Crippen LogP contribution in [0.3, 0.4) is 0 Å². The predicted octanol–water partition coefficient (Wildman–Crippen LogP) is 20.9. The van der Waals surface area contributed by atoms with E-state index >= 15 is 0 Å². The first-order valence-corrected chi connectivity index (χ1v) is 30.4. The Hall–Kier alpha value is -3.44. The van der Waals surface area contributed by atoms with Crippen LogP contribution in [0.4, 0.5) is 0 Å². The lowest BCUT2D eigenvalue weighted by atomic mass is 10.0. The van der Waals surface area contributed by atoms with Gasteiger partial charge < -0.3 is 14.6 Å². The van der Waals surface area contributed by atoms with E-state index in [2.05, 4.69) is 123 Å². The molecule has 0 aliphatic carbocycles. The lowest BCUT2D eigenvalue weighted by Gasteiger charge is -2.15. The summed E-state index contributed by atoms with van der Waals surface area (Å²) in [5, 5.41) is 9.67. The van der Waals surface area contributed by atoms with Crippen LogP contribution in [0.1, 0.15) is 284 Å². The topological polar surface area (TPSA) is 72.8 Å². The van der Waals surface area contributed by atoms with Crippen LogP contribution in [0.5, 0.6) is 0 Å². The molecule has 0 heterocycles. The van der Waals surface area contributed by atoms with Crippen LogP contribution in [0.25, 0.3) is 0 Å². The highest BCUT2D eigenvalue weighted by Crippen LogP contribution is 2.16. The third-order valence-corrected chi connectivity index (χ3v) is 13.1. The van der Waals surface area contributed by atoms with E-state index in [1.165, 1.54) is 161 Å². The first-order chi connectivity index (χ1) is 35.6. The second-order valence-electron chi connectivity index (χ2n) is 20.0. The van der Waals surface area contributed by atoms with Crippen molar-refractivity contribution in [2.75, 3.05) is 13.2 Å². The summed E-state index contributed by atoms with van der Waals surface area (Å²) in [7, 11) is 0. The smallest absolute Gasteiger partial charge is 0.306 e. The average Bonchev–Trinajstić information content (AvgIpc) is 3.38. The molecule has 0 aliphatic rings. The molecule has 0 rings (SSSR count). The first-order valence-electron chi connectivity index (χ1n) is 30.4. The van der Waals surface area contributed by atoms with Gasteiger partial charge in [-0.25, -0.2) is 0 Å². The SMILES string of the molecule is CC/C=C\C/C=C\C/C=C\C/C=C\C/C=C\C/C=C\CCCCCCCCC(=O)OC(CO)COC(=O)CCCCCCCCCCCCCCCCCCCC/C=C\C/C=C\C/C=C\CCCCCCC. The molecule has 0 spiro atoms. The zero-order chi connectivity index (χ0) is 52.0. The maximum Gasteiger partial charge on any atom is 0.306 e. The number of aliphatic hydroxyl groups excluding tert-OH is 1. The van der Waals surface area contributed by atoms with Gasteiger partial charge in [0.25, 0.3) is 0 Å². The maximum atomic E-state index is 12.3. The monoisotopic (exact) mass is 999 g/mol. The Labute approximate surface area is 446 Å². The highest BCUT2D eigenvalue weighted by atomic mass is 16.6. The summed E-state index contributed by atoms with van der Waals surface area (Å²) < 4.78 is 10.7. The van der Waals surface area contributed by atoms with Crippen LogP contribution in [-0.2, 0) is 19.1 Å². The number of unbranched alkanes of at least 4 members (excludes halogenated alkanes) is 29. The van der Waals surface area contributed by atoms with Crippen LogP contribution < -0.4 is 0 Å². The molecule has 72 heavy (non-hydrogen) atoms. The van der Waals surface area contributed by atoms with Crippen molar-refractivity contribution < 1.29 is 24.2 Å². The summed E-state index contributed by atoms with van der Waals surface area (Å²) in [6.45, 7) is 4.02. The molecule has 412 valence electrons. The van der Waals surface area contributed by atoms with Gasteiger partial charge in [0.2, 0.25) is 0 Å². The molecule has 5 heteroatoms. The molecule has 0 amide bonds. The van der Waals surface area contributed by atoms with Crippen molar-refractivity contribution >= 4 is 11.9 Å². The average molecular weight is 1000 g/mol. The predicted molar refractivity (Wildman–Crippen MR) is 315 cm³/mol. The number of aliphatic hydroxyl groups is 1. The van der Waals surface area contributed by atoms with E-state index < -0.39 is 6.10 Å². The number of hydrogen-bond donors (Lipinski definition) is 1. The number of esters is 2. The third kappa shape index (κ3) is 59.1. The summed E-state index contributed by atoms with van der Waals surface area (Å²) in [4.78, 5) is 24.6. The molecular weight excluding hydrogens is 885 g/mol. The number of allylic oxidation sites excluding steroid dienone is 18. The lowest BCUT2D eigenvalue weighted by Crippen LogP contribution is -2.28. The number of rotatable bonds is 55. The normalized spacial score (nSPS) is 13.0. The van der Waals surface area contributed by atoms with Gasteiger partial charge in [0.15, 0.2) is 6.10 Å². The second kappa shape index (κ2) is 61.9. The lowest BCUT2D eigenvalue weighted by molar-refractivity contribution is -0.161. The minimum Gasteiger partial charge on any atom is -0.462 e. The van der Waals surface area contributed by atoms with Gasteiger partial charge in [-0.05, 0) is 103 Å². The minimum atomic E-state index is -0.787. The van der Waals surface area contributed by atoms with Crippen LogP contribution in [0.15, 0.2) is 109 Å². The Morgan fingerprint density at radius 1 is 0.333 bits per heavy atom. The van der Waals surface area contributed by atoms with E-state index in [0.717, 1.165) is 96.3 Å². The number of hydrogen-bond acceptors (Lipinski definition) is 5. The van der Waals surface area contributed by atoms with Crippen LogP contribution in [0.2, 0.25) is 0 Å². The van der Waals surface area contributed by atoms with E-state index in [1.54, 1.807) is 0 Å². The van der Waals surface area contributed by atoms with Crippen molar-refractivity contribution in [3.05, 3.63) is 109 Å². The summed E-state index contributed by atoms with van der Waals surface area (Å²) in [6, 6.07) is 0. The van der Waals surface area contributed by atoms with Crippen molar-refractivity contribution in [2.24, 2.45) is 0 Å². The fraction of sp³-hybridized carbons (Fsp3) is 0.701. The van der Waals surface area contributed by atoms with Gasteiger partial charge in [0, 0.05) is 12.8 Å². The Morgan fingerprint density at radius 3 is 0.903 bits per heavy atom. The highest BCUT2D eigenvalue weighted by molar-refractivity contribution is 5.70. The summed E-state index contributed by atoms with van der Waals surface area (Å²) >= 11 is 0. The fourth-order valence-electron chi connectivity index (χ4n) is 8.51. The second-order valence-corrected chi connectivity index (χ2v) is 20.0. The van der Waals surface area contributed by atoms with Crippen molar-refractivity contribution in [1.82, 2.24) is 0 Å². The first kappa shape index (κ1) is 68.6. The molecule has 0 radical (unpaired) electrons. The molecule has 0 saturated carbocycles. The summed E-state index contributed by atoms with van der Waals surface area (Å²) in [5.41, 5.74) is 0. The van der Waals surface area contributed by atoms with Crippen LogP contribution in [0, 0.1) is 0 Å². The zero-order valence-corrected chi connectivity index (χ0v) is 47.2. The molecular formula is C67H114O5. The van der Waals surface area contributed by atoms with Gasteiger partial charge >= 0.3 is 11.9 Å². The highest BCUT2D eigenvalue weighted by Gasteiger charge is 2.16. The van der Waals surface area contributed by atoms with Crippen LogP contribution in [-0.4, -0.2) is 36.4 Å². The Morgan fingerprint density at radius 2 is 0.597 bits per heavy atom. The van der Waals surface area contributed by atoms with Crippen molar-refractivity contribution in [3.8, 4) is 0 Å². The molecule has 1 unspecified atom stereocenters. The van der Waals surface area contributed by atoms with E-state index in [0.29, 0.717) is 12.8 Å². The van der Waals surface area contributed by atoms with Gasteiger partial charge in [-0.15, -0.1) is 0 Å². The van der Waals surface area contributed by atoms with E-state index in [9.17, 15) is 14.7 Å². The van der Waals surface area contributed by atoms with E-state index in [-0.39, 0.29) is 25.2 Å². The Bertz CT molecular complexity index is 1410. The Balaban J connectivity index is 3.51. The number of carbonyl (C=O) groups is 2. The summed E-state index contributed by atoms with van der Waals surface area (Å²) in [6.07, 6.45) is 89.3. The molecule has 5 nitrogen and oxygen atoms in total. The van der Waals surface area contributed by atoms with Crippen molar-refractivity contribution in [1.29, 1.82) is 0 Å². The zero-order valence-electron chi connectivity index (χ0n) is 47.2. The quantitative estimate of drug-likeness (QED) is 0.0373. The Kier molecular flexibility index (Phi) is 58.9. The van der Waals surface area contributed by atoms with Gasteiger partial charge in [-0.2, -0.15) is 0 Å². The molecule has 1 atom stereocenters. The minimum absolute atomic E-state index is 0.0760. The third-order valence-electron chi connectivity index (χ3n) is 13.1. The number of ether oxygens (including phenoxy) is 2. The van der Waals surface area contributed by atoms with Crippen LogP contribution >= 0.6 is 0 Å². The van der Waals surface area contributed by atoms with E-state index in [4.69, 9.17) is 9.47 Å². The summed E-state index contributed by atoms with van der Waals surface area (Å²) in [5.74, 6) is -0.605. The van der Waals surface area contributed by atoms with Gasteiger partial charge in [-0.3, -0.25) is 9.59 Å². The fourth-order valence-corrected chi connectivity index (χ4v) is 8.51. The largest absolute Gasteiger partial charge is 0.462 e. The maximum absolute atomic E-state index is 12.3. The molecule has 0 fully saturated rings. The van der Waals surface area contributed by atoms with Gasteiger partial charge in [-0.1, -0.05) is 277 Å². The molecule has 0 aromatic carbocycles.